The molecule has 11 heteroatoms. The number of carbonyl (C=O) groups excluding carboxylic acids is 1. The third-order valence-corrected chi connectivity index (χ3v) is 7.73. The topological polar surface area (TPSA) is 116 Å². The number of anilines is 1. The van der Waals surface area contributed by atoms with E-state index in [2.05, 4.69) is 5.32 Å². The fourth-order valence-electron chi connectivity index (χ4n) is 3.90. The third kappa shape index (κ3) is 5.34. The van der Waals surface area contributed by atoms with Crippen molar-refractivity contribution >= 4 is 27.5 Å². The van der Waals surface area contributed by atoms with E-state index in [1.807, 2.05) is 4.90 Å². The summed E-state index contributed by atoms with van der Waals surface area (Å²) in [6, 6.07) is 4.56. The second-order valence-electron chi connectivity index (χ2n) is 7.75. The van der Waals surface area contributed by atoms with E-state index in [-0.39, 0.29) is 18.1 Å². The van der Waals surface area contributed by atoms with Crippen molar-refractivity contribution in [2.75, 3.05) is 51.1 Å². The van der Waals surface area contributed by atoms with Gasteiger partial charge in [0.25, 0.3) is 15.9 Å². The van der Waals surface area contributed by atoms with Crippen LogP contribution in [0.25, 0.3) is 0 Å². The number of hydrogen-bond acceptors (Lipinski definition) is 6. The van der Waals surface area contributed by atoms with Crippen LogP contribution in [-0.4, -0.2) is 78.6 Å². The zero-order valence-corrected chi connectivity index (χ0v) is 18.1. The molecular formula is C19H29N5O5S. The van der Waals surface area contributed by atoms with Crippen LogP contribution in [0, 0.1) is 17.0 Å². The van der Waals surface area contributed by atoms with Gasteiger partial charge in [-0.15, -0.1) is 0 Å². The molecule has 0 aromatic heterocycles. The fraction of sp³-hybridized carbons (Fsp3) is 0.632. The van der Waals surface area contributed by atoms with Gasteiger partial charge in [-0.25, -0.2) is 0 Å². The average molecular weight is 440 g/mol. The Balaban J connectivity index is 1.53. The van der Waals surface area contributed by atoms with Crippen molar-refractivity contribution in [1.82, 2.24) is 13.5 Å². The van der Waals surface area contributed by atoms with Gasteiger partial charge in [-0.2, -0.15) is 17.0 Å². The molecule has 1 N–H and O–H groups in total. The summed E-state index contributed by atoms with van der Waals surface area (Å²) in [5, 5.41) is 13.8. The minimum Gasteiger partial charge on any atom is -0.324 e. The molecule has 1 amide bonds. The summed E-state index contributed by atoms with van der Waals surface area (Å²) < 4.78 is 28.9. The predicted molar refractivity (Wildman–Crippen MR) is 113 cm³/mol. The molecule has 1 aromatic rings. The van der Waals surface area contributed by atoms with Crippen LogP contribution in [0.15, 0.2) is 18.2 Å². The Morgan fingerprint density at radius 1 is 1.03 bits per heavy atom. The van der Waals surface area contributed by atoms with Gasteiger partial charge in [0.15, 0.2) is 0 Å². The summed E-state index contributed by atoms with van der Waals surface area (Å²) in [4.78, 5) is 24.9. The molecule has 2 heterocycles. The molecule has 30 heavy (non-hydrogen) atoms. The Labute approximate surface area is 177 Å². The number of nitrogens with zero attached hydrogens (tertiary/aromatic N) is 4. The zero-order chi connectivity index (χ0) is 21.7. The number of nitro groups is 1. The Kier molecular flexibility index (Phi) is 7.40. The van der Waals surface area contributed by atoms with Crippen LogP contribution in [-0.2, 0) is 15.0 Å². The van der Waals surface area contributed by atoms with Crippen molar-refractivity contribution in [3.05, 3.63) is 33.9 Å². The predicted octanol–water partition coefficient (Wildman–Crippen LogP) is 1.58. The van der Waals surface area contributed by atoms with E-state index in [4.69, 9.17) is 0 Å². The van der Waals surface area contributed by atoms with E-state index in [1.54, 1.807) is 17.3 Å². The summed E-state index contributed by atoms with van der Waals surface area (Å²) >= 11 is 0. The lowest BCUT2D eigenvalue weighted by Crippen LogP contribution is -2.54. The molecule has 0 bridgehead atoms. The molecule has 3 rings (SSSR count). The molecule has 0 spiro atoms. The number of nitro benzene ring substituents is 1. The quantitative estimate of drug-likeness (QED) is 0.531. The monoisotopic (exact) mass is 439 g/mol. The molecule has 1 aromatic carbocycles. The maximum Gasteiger partial charge on any atom is 0.282 e. The molecule has 0 saturated carbocycles. The molecule has 2 aliphatic rings. The van der Waals surface area contributed by atoms with E-state index in [1.165, 1.54) is 16.4 Å². The highest BCUT2D eigenvalue weighted by Crippen LogP contribution is 2.25. The van der Waals surface area contributed by atoms with Crippen molar-refractivity contribution < 1.29 is 18.1 Å². The van der Waals surface area contributed by atoms with Gasteiger partial charge in [0, 0.05) is 45.3 Å². The van der Waals surface area contributed by atoms with Gasteiger partial charge in [0.1, 0.15) is 0 Å². The van der Waals surface area contributed by atoms with Crippen LogP contribution in [0.5, 0.6) is 0 Å². The number of carbonyl (C=O) groups is 1. The molecule has 0 radical (unpaired) electrons. The van der Waals surface area contributed by atoms with Crippen LogP contribution in [0.1, 0.15) is 31.2 Å². The molecule has 0 unspecified atom stereocenters. The first-order valence-corrected chi connectivity index (χ1v) is 11.7. The minimum atomic E-state index is -3.45. The molecule has 0 aliphatic carbocycles. The van der Waals surface area contributed by atoms with Gasteiger partial charge in [-0.1, -0.05) is 18.9 Å². The molecule has 2 saturated heterocycles. The van der Waals surface area contributed by atoms with E-state index < -0.39 is 15.1 Å². The summed E-state index contributed by atoms with van der Waals surface area (Å²) in [5.41, 5.74) is 0.779. The van der Waals surface area contributed by atoms with E-state index >= 15 is 0 Å². The smallest absolute Gasteiger partial charge is 0.282 e. The number of piperazine rings is 1. The van der Waals surface area contributed by atoms with Crippen LogP contribution in [0.3, 0.4) is 0 Å². The Morgan fingerprint density at radius 2 is 1.63 bits per heavy atom. The van der Waals surface area contributed by atoms with Gasteiger partial charge >= 0.3 is 0 Å². The maximum absolute atomic E-state index is 12.9. The lowest BCUT2D eigenvalue weighted by molar-refractivity contribution is -0.385. The molecule has 2 fully saturated rings. The summed E-state index contributed by atoms with van der Waals surface area (Å²) in [6.45, 7) is 4.49. The standard InChI is InChI=1S/C19H29N5O5S/c1-16-17(7-6-8-18(16)24(26)27)20-19(25)15-21-11-13-23(14-12-21)30(28,29)22-9-4-2-3-5-10-22/h6-8H,2-5,9-15H2,1H3,(H,20,25). The van der Waals surface area contributed by atoms with Gasteiger partial charge in [-0.3, -0.25) is 19.8 Å². The van der Waals surface area contributed by atoms with Gasteiger partial charge in [-0.05, 0) is 25.8 Å². The number of benzene rings is 1. The largest absolute Gasteiger partial charge is 0.324 e. The summed E-state index contributed by atoms with van der Waals surface area (Å²) in [7, 11) is -3.45. The number of rotatable bonds is 6. The molecule has 0 atom stereocenters. The lowest BCUT2D eigenvalue weighted by Gasteiger charge is -2.36. The molecule has 2 aliphatic heterocycles. The highest BCUT2D eigenvalue weighted by molar-refractivity contribution is 7.86. The van der Waals surface area contributed by atoms with Crippen molar-refractivity contribution in [3.8, 4) is 0 Å². The van der Waals surface area contributed by atoms with Crippen LogP contribution >= 0.6 is 0 Å². The van der Waals surface area contributed by atoms with Crippen LogP contribution < -0.4 is 5.32 Å². The van der Waals surface area contributed by atoms with Gasteiger partial charge in [0.2, 0.25) is 5.91 Å². The van der Waals surface area contributed by atoms with Crippen LogP contribution in [0.4, 0.5) is 11.4 Å². The van der Waals surface area contributed by atoms with Crippen LogP contribution in [0.2, 0.25) is 0 Å². The Morgan fingerprint density at radius 3 is 2.23 bits per heavy atom. The van der Waals surface area contributed by atoms with Crippen molar-refractivity contribution in [2.24, 2.45) is 0 Å². The first kappa shape index (κ1) is 22.6. The van der Waals surface area contributed by atoms with Crippen molar-refractivity contribution in [3.63, 3.8) is 0 Å². The maximum atomic E-state index is 12.9. The van der Waals surface area contributed by atoms with Gasteiger partial charge < -0.3 is 5.32 Å². The van der Waals surface area contributed by atoms with E-state index in [9.17, 15) is 23.3 Å². The summed E-state index contributed by atoms with van der Waals surface area (Å²) in [5.74, 6) is -0.276. The fourth-order valence-corrected chi connectivity index (χ4v) is 5.57. The minimum absolute atomic E-state index is 0.0415. The SMILES string of the molecule is Cc1c(NC(=O)CN2CCN(S(=O)(=O)N3CCCCCC3)CC2)cccc1[N+](=O)[O-]. The number of amides is 1. The second-order valence-corrected chi connectivity index (χ2v) is 9.68. The highest BCUT2D eigenvalue weighted by Gasteiger charge is 2.32. The van der Waals surface area contributed by atoms with Gasteiger partial charge in [0.05, 0.1) is 22.7 Å². The average Bonchev–Trinajstić information content (AvgIpc) is 3.00. The third-order valence-electron chi connectivity index (χ3n) is 5.69. The first-order valence-electron chi connectivity index (χ1n) is 10.3. The lowest BCUT2D eigenvalue weighted by atomic mass is 10.1. The second kappa shape index (κ2) is 9.82. The van der Waals surface area contributed by atoms with E-state index in [0.717, 1.165) is 25.7 Å². The van der Waals surface area contributed by atoms with Crippen molar-refractivity contribution in [2.45, 2.75) is 32.6 Å². The first-order chi connectivity index (χ1) is 14.3. The molecule has 166 valence electrons. The number of nitrogens with one attached hydrogen (secondary N) is 1. The number of hydrogen-bond donors (Lipinski definition) is 1. The summed E-state index contributed by atoms with van der Waals surface area (Å²) in [6.07, 6.45) is 3.94. The van der Waals surface area contributed by atoms with Crippen molar-refractivity contribution in [1.29, 1.82) is 0 Å². The Bertz CT molecular complexity index is 875. The Hall–Kier alpha value is -2.08. The zero-order valence-electron chi connectivity index (χ0n) is 17.2. The molecular weight excluding hydrogens is 410 g/mol. The normalized spacial score (nSPS) is 19.9. The highest BCUT2D eigenvalue weighted by atomic mass is 32.2. The molecule has 10 nitrogen and oxygen atoms in total. The van der Waals surface area contributed by atoms with E-state index in [0.29, 0.717) is 50.5 Å².